The molecule has 1 heterocycles. The lowest BCUT2D eigenvalue weighted by atomic mass is 9.75. The van der Waals surface area contributed by atoms with Crippen LogP contribution in [0.1, 0.15) is 58.3 Å². The first-order chi connectivity index (χ1) is 9.24. The lowest BCUT2D eigenvalue weighted by Crippen LogP contribution is -2.57. The summed E-state index contributed by atoms with van der Waals surface area (Å²) in [5, 5.41) is 6.85. The lowest BCUT2D eigenvalue weighted by Gasteiger charge is -2.44. The summed E-state index contributed by atoms with van der Waals surface area (Å²) in [5.74, 6) is 0.0475. The lowest BCUT2D eigenvalue weighted by molar-refractivity contribution is -0.126. The van der Waals surface area contributed by atoms with Crippen LogP contribution in [0, 0.1) is 0 Å². The van der Waals surface area contributed by atoms with Gasteiger partial charge in [-0.1, -0.05) is 26.2 Å². The molecule has 0 aromatic heterocycles. The van der Waals surface area contributed by atoms with Crippen LogP contribution in [-0.4, -0.2) is 37.2 Å². The second kappa shape index (κ2) is 7.25. The predicted molar refractivity (Wildman–Crippen MR) is 76.1 cm³/mol. The zero-order valence-corrected chi connectivity index (χ0v) is 12.2. The Morgan fingerprint density at radius 1 is 1.37 bits per heavy atom. The van der Waals surface area contributed by atoms with Crippen LogP contribution in [0.15, 0.2) is 0 Å². The average Bonchev–Trinajstić information content (AvgIpc) is 2.40. The molecule has 1 aliphatic carbocycles. The first kappa shape index (κ1) is 14.8. The standard InChI is InChI=1S/C15H28N2O2/c1-2-10-19-12-14(18)17-13-6-9-16-15(11-13)7-4-3-5-8-15/h13,16H,2-12H2,1H3,(H,17,18). The highest BCUT2D eigenvalue weighted by molar-refractivity contribution is 5.77. The van der Waals surface area contributed by atoms with Gasteiger partial charge in [0.1, 0.15) is 6.61 Å². The second-order valence-corrected chi connectivity index (χ2v) is 6.08. The molecule has 110 valence electrons. The molecule has 1 spiro atoms. The van der Waals surface area contributed by atoms with E-state index in [4.69, 9.17) is 4.74 Å². The zero-order chi connectivity index (χ0) is 13.6. The number of hydrogen-bond donors (Lipinski definition) is 2. The first-order valence-corrected chi connectivity index (χ1v) is 7.86. The number of piperidine rings is 1. The van der Waals surface area contributed by atoms with E-state index in [2.05, 4.69) is 17.6 Å². The number of hydrogen-bond acceptors (Lipinski definition) is 3. The van der Waals surface area contributed by atoms with Crippen LogP contribution in [0.5, 0.6) is 0 Å². The van der Waals surface area contributed by atoms with Gasteiger partial charge in [0.05, 0.1) is 0 Å². The van der Waals surface area contributed by atoms with Gasteiger partial charge in [-0.25, -0.2) is 0 Å². The molecule has 1 saturated carbocycles. The molecule has 2 aliphatic rings. The average molecular weight is 268 g/mol. The minimum absolute atomic E-state index is 0.0475. The Bertz CT molecular complexity index is 282. The molecule has 0 aromatic carbocycles. The Kier molecular flexibility index (Phi) is 5.64. The van der Waals surface area contributed by atoms with Gasteiger partial charge >= 0.3 is 0 Å². The summed E-state index contributed by atoms with van der Waals surface area (Å²) in [4.78, 5) is 11.8. The topological polar surface area (TPSA) is 50.4 Å². The van der Waals surface area contributed by atoms with Gasteiger partial charge in [0.25, 0.3) is 0 Å². The molecule has 19 heavy (non-hydrogen) atoms. The highest BCUT2D eigenvalue weighted by atomic mass is 16.5. The predicted octanol–water partition coefficient (Wildman–Crippen LogP) is 1.98. The summed E-state index contributed by atoms with van der Waals surface area (Å²) in [6.45, 7) is 3.96. The molecule has 4 nitrogen and oxygen atoms in total. The summed E-state index contributed by atoms with van der Waals surface area (Å²) in [5.41, 5.74) is 0.304. The molecule has 4 heteroatoms. The number of nitrogens with one attached hydrogen (secondary N) is 2. The van der Waals surface area contributed by atoms with Crippen molar-refractivity contribution in [2.45, 2.75) is 69.9 Å². The quantitative estimate of drug-likeness (QED) is 0.750. The van der Waals surface area contributed by atoms with Crippen LogP contribution >= 0.6 is 0 Å². The Morgan fingerprint density at radius 2 is 2.16 bits per heavy atom. The minimum Gasteiger partial charge on any atom is -0.372 e. The maximum Gasteiger partial charge on any atom is 0.246 e. The van der Waals surface area contributed by atoms with Crippen molar-refractivity contribution in [1.29, 1.82) is 0 Å². The zero-order valence-electron chi connectivity index (χ0n) is 12.2. The maximum atomic E-state index is 11.8. The van der Waals surface area contributed by atoms with Gasteiger partial charge in [-0.05, 0) is 38.6 Å². The van der Waals surface area contributed by atoms with Crippen LogP contribution in [0.3, 0.4) is 0 Å². The fourth-order valence-corrected chi connectivity index (χ4v) is 3.47. The van der Waals surface area contributed by atoms with E-state index in [1.54, 1.807) is 0 Å². The monoisotopic (exact) mass is 268 g/mol. The fraction of sp³-hybridized carbons (Fsp3) is 0.933. The summed E-state index contributed by atoms with van der Waals surface area (Å²) in [6, 6.07) is 0.331. The molecule has 0 radical (unpaired) electrons. The van der Waals surface area contributed by atoms with E-state index in [0.29, 0.717) is 18.2 Å². The largest absolute Gasteiger partial charge is 0.372 e. The number of carbonyl (C=O) groups excluding carboxylic acids is 1. The Hall–Kier alpha value is -0.610. The number of carbonyl (C=O) groups is 1. The van der Waals surface area contributed by atoms with E-state index in [1.807, 2.05) is 0 Å². The van der Waals surface area contributed by atoms with Gasteiger partial charge in [-0.15, -0.1) is 0 Å². The van der Waals surface area contributed by atoms with Crippen LogP contribution in [0.2, 0.25) is 0 Å². The fourth-order valence-electron chi connectivity index (χ4n) is 3.47. The Labute approximate surface area is 116 Å². The van der Waals surface area contributed by atoms with Crippen molar-refractivity contribution in [3.8, 4) is 0 Å². The van der Waals surface area contributed by atoms with Crippen LogP contribution in [0.4, 0.5) is 0 Å². The van der Waals surface area contributed by atoms with Crippen molar-refractivity contribution in [3.05, 3.63) is 0 Å². The van der Waals surface area contributed by atoms with Gasteiger partial charge in [0, 0.05) is 18.2 Å². The maximum absolute atomic E-state index is 11.8. The highest BCUT2D eigenvalue weighted by Crippen LogP contribution is 2.34. The van der Waals surface area contributed by atoms with Crippen LogP contribution < -0.4 is 10.6 Å². The number of ether oxygens (including phenoxy) is 1. The molecule has 0 bridgehead atoms. The summed E-state index contributed by atoms with van der Waals surface area (Å²) in [7, 11) is 0. The van der Waals surface area contributed by atoms with Crippen molar-refractivity contribution < 1.29 is 9.53 Å². The molecule has 2 fully saturated rings. The number of rotatable bonds is 5. The minimum atomic E-state index is 0.0475. The van der Waals surface area contributed by atoms with Gasteiger partial charge in [0.2, 0.25) is 5.91 Å². The van der Waals surface area contributed by atoms with Crippen molar-refractivity contribution >= 4 is 5.91 Å². The molecular weight excluding hydrogens is 240 g/mol. The molecular formula is C15H28N2O2. The molecule has 0 aromatic rings. The van der Waals surface area contributed by atoms with Crippen molar-refractivity contribution in [3.63, 3.8) is 0 Å². The molecule has 1 amide bonds. The first-order valence-electron chi connectivity index (χ1n) is 7.86. The van der Waals surface area contributed by atoms with E-state index in [0.717, 1.165) is 25.8 Å². The summed E-state index contributed by atoms with van der Waals surface area (Å²) >= 11 is 0. The second-order valence-electron chi connectivity index (χ2n) is 6.08. The summed E-state index contributed by atoms with van der Waals surface area (Å²) < 4.78 is 5.30. The van der Waals surface area contributed by atoms with Crippen molar-refractivity contribution in [2.24, 2.45) is 0 Å². The van der Waals surface area contributed by atoms with Gasteiger partial charge in [0.15, 0.2) is 0 Å². The molecule has 2 rings (SSSR count). The SMILES string of the molecule is CCCOCC(=O)NC1CCNC2(CCCCC2)C1. The van der Waals surface area contributed by atoms with E-state index < -0.39 is 0 Å². The molecule has 1 aliphatic heterocycles. The van der Waals surface area contributed by atoms with E-state index >= 15 is 0 Å². The Morgan fingerprint density at radius 3 is 2.89 bits per heavy atom. The van der Waals surface area contributed by atoms with Crippen molar-refractivity contribution in [1.82, 2.24) is 10.6 Å². The van der Waals surface area contributed by atoms with Crippen molar-refractivity contribution in [2.75, 3.05) is 19.8 Å². The smallest absolute Gasteiger partial charge is 0.246 e. The van der Waals surface area contributed by atoms with Crippen LogP contribution in [-0.2, 0) is 9.53 Å². The molecule has 1 unspecified atom stereocenters. The van der Waals surface area contributed by atoms with Crippen LogP contribution in [0.25, 0.3) is 0 Å². The van der Waals surface area contributed by atoms with E-state index in [9.17, 15) is 4.79 Å². The Balaban J connectivity index is 1.75. The van der Waals surface area contributed by atoms with Gasteiger partial charge in [-0.3, -0.25) is 4.79 Å². The third-order valence-corrected chi connectivity index (χ3v) is 4.39. The molecule has 1 atom stereocenters. The summed E-state index contributed by atoms with van der Waals surface area (Å²) in [6.07, 6.45) is 9.65. The third-order valence-electron chi connectivity index (χ3n) is 4.39. The van der Waals surface area contributed by atoms with E-state index in [-0.39, 0.29) is 12.5 Å². The third kappa shape index (κ3) is 4.46. The molecule has 1 saturated heterocycles. The normalized spacial score (nSPS) is 26.3. The van der Waals surface area contributed by atoms with Gasteiger partial charge < -0.3 is 15.4 Å². The van der Waals surface area contributed by atoms with E-state index in [1.165, 1.54) is 32.1 Å². The number of amides is 1. The molecule has 2 N–H and O–H groups in total. The highest BCUT2D eigenvalue weighted by Gasteiger charge is 2.37. The van der Waals surface area contributed by atoms with Gasteiger partial charge in [-0.2, -0.15) is 0 Å².